The standard InChI is InChI=1S/C15H18ClFN2O2/c1-3-15(4-2)14(21)19(9-13(20)18-15)8-10-5-6-11(16)7-12(10)17/h5-7H,3-4,8-9H2,1-2H3,(H,18,20). The third-order valence-corrected chi connectivity index (χ3v) is 4.23. The van der Waals surface area contributed by atoms with Crippen molar-refractivity contribution in [1.82, 2.24) is 10.2 Å². The molecular weight excluding hydrogens is 295 g/mol. The highest BCUT2D eigenvalue weighted by Crippen LogP contribution is 2.24. The lowest BCUT2D eigenvalue weighted by atomic mass is 9.88. The number of halogens is 2. The Labute approximate surface area is 128 Å². The Morgan fingerprint density at radius 1 is 1.33 bits per heavy atom. The van der Waals surface area contributed by atoms with E-state index in [4.69, 9.17) is 11.6 Å². The number of nitrogens with one attached hydrogen (secondary N) is 1. The van der Waals surface area contributed by atoms with Crippen molar-refractivity contribution in [3.05, 3.63) is 34.6 Å². The van der Waals surface area contributed by atoms with Gasteiger partial charge in [0.25, 0.3) is 0 Å². The van der Waals surface area contributed by atoms with Gasteiger partial charge < -0.3 is 10.2 Å². The molecule has 2 amide bonds. The number of rotatable bonds is 4. The van der Waals surface area contributed by atoms with Gasteiger partial charge in [-0.05, 0) is 25.0 Å². The zero-order valence-electron chi connectivity index (χ0n) is 12.1. The summed E-state index contributed by atoms with van der Waals surface area (Å²) in [6, 6.07) is 4.32. The van der Waals surface area contributed by atoms with Crippen LogP contribution < -0.4 is 5.32 Å². The van der Waals surface area contributed by atoms with Gasteiger partial charge in [0.2, 0.25) is 11.8 Å². The van der Waals surface area contributed by atoms with Gasteiger partial charge in [-0.3, -0.25) is 9.59 Å². The molecule has 1 saturated heterocycles. The van der Waals surface area contributed by atoms with Gasteiger partial charge in [-0.1, -0.05) is 31.5 Å². The summed E-state index contributed by atoms with van der Waals surface area (Å²) in [4.78, 5) is 25.9. The van der Waals surface area contributed by atoms with E-state index in [1.807, 2.05) is 13.8 Å². The lowest BCUT2D eigenvalue weighted by molar-refractivity contribution is -0.151. The van der Waals surface area contributed by atoms with Crippen molar-refractivity contribution in [1.29, 1.82) is 0 Å². The van der Waals surface area contributed by atoms with Crippen molar-refractivity contribution in [2.24, 2.45) is 0 Å². The first kappa shape index (κ1) is 15.8. The van der Waals surface area contributed by atoms with E-state index in [1.165, 1.54) is 17.0 Å². The number of hydrogen-bond acceptors (Lipinski definition) is 2. The summed E-state index contributed by atoms with van der Waals surface area (Å²) in [5.41, 5.74) is -0.526. The minimum atomic E-state index is -0.877. The fourth-order valence-corrected chi connectivity index (χ4v) is 2.78. The van der Waals surface area contributed by atoms with E-state index in [0.717, 1.165) is 0 Å². The third-order valence-electron chi connectivity index (χ3n) is 3.99. The summed E-state index contributed by atoms with van der Waals surface area (Å²) in [5, 5.41) is 3.07. The second-order valence-electron chi connectivity index (χ2n) is 5.23. The lowest BCUT2D eigenvalue weighted by Crippen LogP contribution is -2.65. The maximum Gasteiger partial charge on any atom is 0.249 e. The number of carbonyl (C=O) groups is 2. The Hall–Kier alpha value is -1.62. The maximum absolute atomic E-state index is 13.9. The molecule has 1 aromatic rings. The Kier molecular flexibility index (Phi) is 4.52. The van der Waals surface area contributed by atoms with Crippen LogP contribution in [0.2, 0.25) is 5.02 Å². The first-order chi connectivity index (χ1) is 9.91. The molecule has 1 heterocycles. The first-order valence-corrected chi connectivity index (χ1v) is 7.34. The summed E-state index contributed by atoms with van der Waals surface area (Å²) in [5.74, 6) is -0.853. The second kappa shape index (κ2) is 6.02. The zero-order chi connectivity index (χ0) is 15.6. The molecule has 0 spiro atoms. The molecule has 1 aromatic carbocycles. The molecule has 0 saturated carbocycles. The van der Waals surface area contributed by atoms with Gasteiger partial charge in [0.15, 0.2) is 0 Å². The van der Waals surface area contributed by atoms with Gasteiger partial charge in [0.1, 0.15) is 11.4 Å². The summed E-state index contributed by atoms with van der Waals surface area (Å²) in [6.07, 6.45) is 1.02. The van der Waals surface area contributed by atoms with Gasteiger partial charge in [0, 0.05) is 17.1 Å². The fourth-order valence-electron chi connectivity index (χ4n) is 2.62. The van der Waals surface area contributed by atoms with Crippen LogP contribution in [0.1, 0.15) is 32.3 Å². The van der Waals surface area contributed by atoms with E-state index >= 15 is 0 Å². The Morgan fingerprint density at radius 2 is 2.00 bits per heavy atom. The zero-order valence-corrected chi connectivity index (χ0v) is 12.8. The molecule has 0 bridgehead atoms. The highest BCUT2D eigenvalue weighted by atomic mass is 35.5. The molecule has 21 heavy (non-hydrogen) atoms. The van der Waals surface area contributed by atoms with Crippen LogP contribution in [0.25, 0.3) is 0 Å². The molecule has 1 aliphatic rings. The maximum atomic E-state index is 13.9. The van der Waals surface area contributed by atoms with Crippen molar-refractivity contribution >= 4 is 23.4 Å². The molecule has 6 heteroatoms. The summed E-state index contributed by atoms with van der Waals surface area (Å²) >= 11 is 5.72. The van der Waals surface area contributed by atoms with Gasteiger partial charge in [-0.2, -0.15) is 0 Å². The largest absolute Gasteiger partial charge is 0.340 e. The topological polar surface area (TPSA) is 49.4 Å². The van der Waals surface area contributed by atoms with Crippen LogP contribution in [0.4, 0.5) is 4.39 Å². The van der Waals surface area contributed by atoms with Crippen molar-refractivity contribution in [2.75, 3.05) is 6.54 Å². The minimum Gasteiger partial charge on any atom is -0.340 e. The third kappa shape index (κ3) is 3.02. The molecule has 1 N–H and O–H groups in total. The molecular formula is C15H18ClFN2O2. The van der Waals surface area contributed by atoms with Crippen LogP contribution in [0.3, 0.4) is 0 Å². The van der Waals surface area contributed by atoms with Gasteiger partial charge >= 0.3 is 0 Å². The van der Waals surface area contributed by atoms with Crippen molar-refractivity contribution < 1.29 is 14.0 Å². The first-order valence-electron chi connectivity index (χ1n) is 6.96. The number of carbonyl (C=O) groups excluding carboxylic acids is 2. The minimum absolute atomic E-state index is 0.0529. The molecule has 1 aliphatic heterocycles. The predicted molar refractivity (Wildman–Crippen MR) is 78.3 cm³/mol. The van der Waals surface area contributed by atoms with E-state index in [9.17, 15) is 14.0 Å². The van der Waals surface area contributed by atoms with Crippen LogP contribution in [0, 0.1) is 5.82 Å². The van der Waals surface area contributed by atoms with Crippen molar-refractivity contribution in [3.8, 4) is 0 Å². The quantitative estimate of drug-likeness (QED) is 0.928. The van der Waals surface area contributed by atoms with E-state index < -0.39 is 11.4 Å². The van der Waals surface area contributed by atoms with Crippen LogP contribution in [-0.2, 0) is 16.1 Å². The van der Waals surface area contributed by atoms with E-state index in [0.29, 0.717) is 23.4 Å². The predicted octanol–water partition coefficient (Wildman–Crippen LogP) is 2.50. The Bertz CT molecular complexity index is 573. The van der Waals surface area contributed by atoms with Gasteiger partial charge in [0.05, 0.1) is 6.54 Å². The monoisotopic (exact) mass is 312 g/mol. The van der Waals surface area contributed by atoms with Crippen molar-refractivity contribution in [3.63, 3.8) is 0 Å². The molecule has 0 unspecified atom stereocenters. The molecule has 0 aliphatic carbocycles. The number of hydrogen-bond donors (Lipinski definition) is 1. The number of nitrogens with zero attached hydrogens (tertiary/aromatic N) is 1. The number of amides is 2. The molecule has 0 aromatic heterocycles. The molecule has 4 nitrogen and oxygen atoms in total. The fraction of sp³-hybridized carbons (Fsp3) is 0.467. The summed E-state index contributed by atoms with van der Waals surface area (Å²) < 4.78 is 13.9. The lowest BCUT2D eigenvalue weighted by Gasteiger charge is -2.41. The second-order valence-corrected chi connectivity index (χ2v) is 5.67. The van der Waals surface area contributed by atoms with Crippen LogP contribution in [0.5, 0.6) is 0 Å². The van der Waals surface area contributed by atoms with Crippen molar-refractivity contribution in [2.45, 2.75) is 38.8 Å². The Balaban J connectivity index is 2.26. The highest BCUT2D eigenvalue weighted by Gasteiger charge is 2.43. The Morgan fingerprint density at radius 3 is 2.57 bits per heavy atom. The average molecular weight is 313 g/mol. The molecule has 0 radical (unpaired) electrons. The van der Waals surface area contributed by atoms with Crippen LogP contribution in [-0.4, -0.2) is 28.8 Å². The SMILES string of the molecule is CCC1(CC)NC(=O)CN(Cc2ccc(Cl)cc2F)C1=O. The molecule has 2 rings (SSSR count). The molecule has 0 atom stereocenters. The molecule has 114 valence electrons. The van der Waals surface area contributed by atoms with E-state index in [2.05, 4.69) is 5.32 Å². The molecule has 1 fully saturated rings. The van der Waals surface area contributed by atoms with E-state index in [1.54, 1.807) is 6.07 Å². The number of piperazine rings is 1. The van der Waals surface area contributed by atoms with Crippen LogP contribution in [0.15, 0.2) is 18.2 Å². The summed E-state index contributed by atoms with van der Waals surface area (Å²) in [7, 11) is 0. The van der Waals surface area contributed by atoms with Gasteiger partial charge in [-0.25, -0.2) is 4.39 Å². The smallest absolute Gasteiger partial charge is 0.249 e. The number of benzene rings is 1. The van der Waals surface area contributed by atoms with Crippen LogP contribution >= 0.6 is 11.6 Å². The normalized spacial score (nSPS) is 17.8. The highest BCUT2D eigenvalue weighted by molar-refractivity contribution is 6.30. The average Bonchev–Trinajstić information content (AvgIpc) is 2.45. The summed E-state index contributed by atoms with van der Waals surface area (Å²) in [6.45, 7) is 3.72. The van der Waals surface area contributed by atoms with E-state index in [-0.39, 0.29) is 24.9 Å². The van der Waals surface area contributed by atoms with Gasteiger partial charge in [-0.15, -0.1) is 0 Å².